The summed E-state index contributed by atoms with van der Waals surface area (Å²) in [5.41, 5.74) is 3.92. The van der Waals surface area contributed by atoms with E-state index in [4.69, 9.17) is 0 Å². The number of amides is 1. The van der Waals surface area contributed by atoms with Gasteiger partial charge in [-0.15, -0.1) is 5.10 Å². The maximum Gasteiger partial charge on any atom is 0.237 e. The van der Waals surface area contributed by atoms with Gasteiger partial charge < -0.3 is 5.32 Å². The number of rotatable bonds is 6. The zero-order chi connectivity index (χ0) is 19.7. The summed E-state index contributed by atoms with van der Waals surface area (Å²) in [5.74, 6) is 1.03. The molecule has 0 saturated carbocycles. The number of aromatic nitrogens is 4. The SMILES string of the molecule is CC[C@@H](C)c1ccccc1NC(=O)[C@H](C)Sc1n[nH]c2nc3ccccc3n12. The summed E-state index contributed by atoms with van der Waals surface area (Å²) in [4.78, 5) is 17.4. The third-order valence-electron chi connectivity index (χ3n) is 5.02. The largest absolute Gasteiger partial charge is 0.325 e. The van der Waals surface area contributed by atoms with Crippen molar-refractivity contribution in [3.8, 4) is 0 Å². The fourth-order valence-electron chi connectivity index (χ4n) is 3.23. The molecule has 4 aromatic rings. The van der Waals surface area contributed by atoms with Crippen LogP contribution in [-0.2, 0) is 4.79 Å². The summed E-state index contributed by atoms with van der Waals surface area (Å²) >= 11 is 1.42. The van der Waals surface area contributed by atoms with Crippen LogP contribution in [0.4, 0.5) is 5.69 Å². The van der Waals surface area contributed by atoms with Crippen molar-refractivity contribution in [2.45, 2.75) is 43.5 Å². The highest BCUT2D eigenvalue weighted by atomic mass is 32.2. The number of aromatic amines is 1. The molecule has 0 unspecified atom stereocenters. The highest BCUT2D eigenvalue weighted by molar-refractivity contribution is 8.00. The molecular formula is C21H23N5OS. The van der Waals surface area contributed by atoms with Crippen molar-refractivity contribution < 1.29 is 4.79 Å². The lowest BCUT2D eigenvalue weighted by Gasteiger charge is -2.17. The van der Waals surface area contributed by atoms with Crippen LogP contribution >= 0.6 is 11.8 Å². The Labute approximate surface area is 167 Å². The standard InChI is InChI=1S/C21H23N5OS/c1-4-13(2)15-9-5-6-10-16(15)22-19(27)14(3)28-21-25-24-20-23-17-11-7-8-12-18(17)26(20)21/h5-14H,4H2,1-3H3,(H,22,27)(H,23,24)/t13-,14+/m1/s1. The summed E-state index contributed by atoms with van der Waals surface area (Å²) in [6.45, 7) is 6.22. The average molecular weight is 394 g/mol. The Morgan fingerprint density at radius 3 is 2.75 bits per heavy atom. The number of fused-ring (bicyclic) bond motifs is 3. The number of benzene rings is 2. The molecule has 0 saturated heterocycles. The third kappa shape index (κ3) is 3.38. The molecule has 4 rings (SSSR count). The van der Waals surface area contributed by atoms with Gasteiger partial charge in [0.2, 0.25) is 11.7 Å². The van der Waals surface area contributed by atoms with Crippen LogP contribution in [0.3, 0.4) is 0 Å². The number of imidazole rings is 1. The molecular weight excluding hydrogens is 370 g/mol. The van der Waals surface area contributed by atoms with E-state index in [2.05, 4.69) is 40.4 Å². The van der Waals surface area contributed by atoms with Crippen molar-refractivity contribution in [2.75, 3.05) is 5.32 Å². The van der Waals surface area contributed by atoms with Crippen molar-refractivity contribution in [1.29, 1.82) is 0 Å². The molecule has 2 N–H and O–H groups in total. The predicted molar refractivity (Wildman–Crippen MR) is 114 cm³/mol. The molecule has 0 aliphatic rings. The van der Waals surface area contributed by atoms with Crippen molar-refractivity contribution in [3.63, 3.8) is 0 Å². The zero-order valence-corrected chi connectivity index (χ0v) is 17.0. The number of carbonyl (C=O) groups excluding carboxylic acids is 1. The van der Waals surface area contributed by atoms with E-state index in [1.165, 1.54) is 17.3 Å². The molecule has 0 aliphatic heterocycles. The Bertz CT molecular complexity index is 1130. The Morgan fingerprint density at radius 2 is 1.93 bits per heavy atom. The van der Waals surface area contributed by atoms with Gasteiger partial charge in [-0.25, -0.2) is 10.1 Å². The van der Waals surface area contributed by atoms with Gasteiger partial charge in [-0.05, 0) is 43.0 Å². The Morgan fingerprint density at radius 1 is 1.18 bits per heavy atom. The van der Waals surface area contributed by atoms with Crippen molar-refractivity contribution in [3.05, 3.63) is 54.1 Å². The fraction of sp³-hybridized carbons (Fsp3) is 0.286. The van der Waals surface area contributed by atoms with E-state index in [-0.39, 0.29) is 11.2 Å². The molecule has 1 amide bonds. The first-order valence-corrected chi connectivity index (χ1v) is 10.3. The minimum Gasteiger partial charge on any atom is -0.325 e. The number of anilines is 1. The van der Waals surface area contributed by atoms with Gasteiger partial charge in [-0.3, -0.25) is 9.20 Å². The van der Waals surface area contributed by atoms with E-state index in [0.717, 1.165) is 28.3 Å². The van der Waals surface area contributed by atoms with Gasteiger partial charge in [0.25, 0.3) is 0 Å². The van der Waals surface area contributed by atoms with Crippen LogP contribution in [0.15, 0.2) is 53.7 Å². The topological polar surface area (TPSA) is 75.1 Å². The van der Waals surface area contributed by atoms with Gasteiger partial charge in [0.1, 0.15) is 0 Å². The van der Waals surface area contributed by atoms with Gasteiger partial charge in [-0.2, -0.15) is 0 Å². The third-order valence-corrected chi connectivity index (χ3v) is 6.07. The summed E-state index contributed by atoms with van der Waals surface area (Å²) in [6, 6.07) is 15.9. The summed E-state index contributed by atoms with van der Waals surface area (Å²) in [7, 11) is 0. The van der Waals surface area contributed by atoms with Crippen molar-refractivity contribution in [1.82, 2.24) is 19.6 Å². The number of hydrogen-bond acceptors (Lipinski definition) is 4. The molecule has 0 bridgehead atoms. The molecule has 0 radical (unpaired) electrons. The molecule has 0 aliphatic carbocycles. The summed E-state index contributed by atoms with van der Waals surface area (Å²) < 4.78 is 1.96. The summed E-state index contributed by atoms with van der Waals surface area (Å²) in [6.07, 6.45) is 1.02. The maximum atomic E-state index is 12.8. The van der Waals surface area contributed by atoms with Crippen LogP contribution < -0.4 is 5.32 Å². The molecule has 7 heteroatoms. The number of carbonyl (C=O) groups is 1. The van der Waals surface area contributed by atoms with Crippen LogP contribution in [0.1, 0.15) is 38.7 Å². The molecule has 2 heterocycles. The predicted octanol–water partition coefficient (Wildman–Crippen LogP) is 4.84. The van der Waals surface area contributed by atoms with Gasteiger partial charge in [0.05, 0.1) is 16.3 Å². The smallest absolute Gasteiger partial charge is 0.237 e. The first-order valence-electron chi connectivity index (χ1n) is 9.46. The quantitative estimate of drug-likeness (QED) is 0.460. The average Bonchev–Trinajstić information content (AvgIpc) is 3.27. The van der Waals surface area contributed by atoms with E-state index in [1.54, 1.807) is 0 Å². The van der Waals surface area contributed by atoms with E-state index in [9.17, 15) is 4.79 Å². The van der Waals surface area contributed by atoms with Crippen LogP contribution in [0, 0.1) is 0 Å². The van der Waals surface area contributed by atoms with Crippen LogP contribution in [0.5, 0.6) is 0 Å². The first-order chi connectivity index (χ1) is 13.6. The monoisotopic (exact) mass is 393 g/mol. The highest BCUT2D eigenvalue weighted by Gasteiger charge is 2.21. The number of para-hydroxylation sites is 3. The van der Waals surface area contributed by atoms with Gasteiger partial charge in [0, 0.05) is 5.69 Å². The fourth-order valence-corrected chi connectivity index (χ4v) is 4.10. The maximum absolute atomic E-state index is 12.8. The molecule has 144 valence electrons. The second kappa shape index (κ2) is 7.67. The second-order valence-corrected chi connectivity index (χ2v) is 8.22. The molecule has 2 aromatic carbocycles. The lowest BCUT2D eigenvalue weighted by atomic mass is 9.97. The second-order valence-electron chi connectivity index (χ2n) is 6.91. The Kier molecular flexibility index (Phi) is 5.09. The van der Waals surface area contributed by atoms with Crippen molar-refractivity contribution >= 4 is 40.2 Å². The number of H-pyrrole nitrogens is 1. The number of thioether (sulfide) groups is 1. The first kappa shape index (κ1) is 18.6. The van der Waals surface area contributed by atoms with Crippen LogP contribution in [0.2, 0.25) is 0 Å². The number of hydrogen-bond donors (Lipinski definition) is 2. The molecule has 6 nitrogen and oxygen atoms in total. The van der Waals surface area contributed by atoms with Gasteiger partial charge in [-0.1, -0.05) is 55.9 Å². The van der Waals surface area contributed by atoms with Crippen molar-refractivity contribution in [2.24, 2.45) is 0 Å². The van der Waals surface area contributed by atoms with Gasteiger partial charge in [0.15, 0.2) is 5.16 Å². The normalized spacial score (nSPS) is 13.7. The Hall–Kier alpha value is -2.80. The number of nitrogens with one attached hydrogen (secondary N) is 2. The highest BCUT2D eigenvalue weighted by Crippen LogP contribution is 2.29. The molecule has 28 heavy (non-hydrogen) atoms. The van der Waals surface area contributed by atoms with Gasteiger partial charge >= 0.3 is 0 Å². The minimum atomic E-state index is -0.308. The molecule has 0 fully saturated rings. The van der Waals surface area contributed by atoms with Crippen LogP contribution in [-0.4, -0.2) is 30.7 Å². The Balaban J connectivity index is 1.55. The van der Waals surface area contributed by atoms with E-state index in [1.807, 2.05) is 53.8 Å². The number of nitrogens with zero attached hydrogens (tertiary/aromatic N) is 3. The van der Waals surface area contributed by atoms with E-state index in [0.29, 0.717) is 11.7 Å². The summed E-state index contributed by atoms with van der Waals surface area (Å²) in [5, 5.41) is 10.8. The van der Waals surface area contributed by atoms with E-state index < -0.39 is 0 Å². The van der Waals surface area contributed by atoms with E-state index >= 15 is 0 Å². The molecule has 0 spiro atoms. The molecule has 2 atom stereocenters. The lowest BCUT2D eigenvalue weighted by molar-refractivity contribution is -0.115. The lowest BCUT2D eigenvalue weighted by Crippen LogP contribution is -2.23. The minimum absolute atomic E-state index is 0.0404. The van der Waals surface area contributed by atoms with Crippen LogP contribution in [0.25, 0.3) is 16.8 Å². The zero-order valence-electron chi connectivity index (χ0n) is 16.1. The molecule has 2 aromatic heterocycles.